The number of methoxy groups -OCH3 is 1. The Bertz CT molecular complexity index is 2530. The van der Waals surface area contributed by atoms with Gasteiger partial charge in [-0.1, -0.05) is 18.0 Å². The van der Waals surface area contributed by atoms with Gasteiger partial charge in [-0.15, -0.1) is 0 Å². The van der Waals surface area contributed by atoms with Crippen molar-refractivity contribution in [1.82, 2.24) is 34.4 Å². The minimum absolute atomic E-state index is 0.00170. The molecule has 17 heteroatoms. The van der Waals surface area contributed by atoms with Crippen molar-refractivity contribution in [2.45, 2.75) is 44.2 Å². The van der Waals surface area contributed by atoms with Gasteiger partial charge in [-0.25, -0.2) is 22.2 Å². The van der Waals surface area contributed by atoms with Crippen molar-refractivity contribution in [3.05, 3.63) is 105 Å². The number of carbonyl (C=O) groups excluding carboxylic acids is 1. The van der Waals surface area contributed by atoms with Crippen molar-refractivity contribution < 1.29 is 26.7 Å². The van der Waals surface area contributed by atoms with E-state index in [9.17, 15) is 26.8 Å². The van der Waals surface area contributed by atoms with Crippen LogP contribution < -0.4 is 20.3 Å². The first-order valence-electron chi connectivity index (χ1n) is 16.3. The van der Waals surface area contributed by atoms with E-state index in [2.05, 4.69) is 20.2 Å². The summed E-state index contributed by atoms with van der Waals surface area (Å²) >= 11 is 6.61. The number of hydrogen-bond acceptors (Lipinski definition) is 8. The smallest absolute Gasteiger partial charge is 0.266 e. The Kier molecular flexibility index (Phi) is 9.21. The predicted octanol–water partition coefficient (Wildman–Crippen LogP) is 5.15. The summed E-state index contributed by atoms with van der Waals surface area (Å²) in [6, 6.07) is 11.5. The van der Waals surface area contributed by atoms with Crippen LogP contribution in [0.1, 0.15) is 48.3 Å². The van der Waals surface area contributed by atoms with Gasteiger partial charge >= 0.3 is 0 Å². The van der Waals surface area contributed by atoms with Crippen LogP contribution >= 0.6 is 11.6 Å². The van der Waals surface area contributed by atoms with Crippen molar-refractivity contribution in [1.29, 1.82) is 0 Å². The highest BCUT2D eigenvalue weighted by atomic mass is 35.5. The third kappa shape index (κ3) is 6.95. The Labute approximate surface area is 301 Å². The van der Waals surface area contributed by atoms with E-state index in [4.69, 9.17) is 21.3 Å². The number of benzene rings is 3. The maximum absolute atomic E-state index is 14.6. The minimum atomic E-state index is -3.79. The summed E-state index contributed by atoms with van der Waals surface area (Å²) in [6.07, 6.45) is 5.70. The molecule has 1 saturated carbocycles. The Hall–Kier alpha value is -5.35. The molecule has 1 amide bonds. The highest BCUT2D eigenvalue weighted by Gasteiger charge is 2.28. The van der Waals surface area contributed by atoms with E-state index in [1.807, 2.05) is 6.07 Å². The number of nitrogens with zero attached hydrogens (tertiary/aromatic N) is 6. The molecular weight excluding hydrogens is 718 g/mol. The fourth-order valence-electron chi connectivity index (χ4n) is 6.51. The molecule has 52 heavy (non-hydrogen) atoms. The maximum Gasteiger partial charge on any atom is 0.266 e. The van der Waals surface area contributed by atoms with Crippen LogP contribution in [0.2, 0.25) is 5.02 Å². The van der Waals surface area contributed by atoms with Gasteiger partial charge in [0, 0.05) is 37.7 Å². The number of ether oxygens (including phenoxy) is 1. The summed E-state index contributed by atoms with van der Waals surface area (Å²) in [5.41, 5.74) is 1.21. The van der Waals surface area contributed by atoms with Crippen LogP contribution in [0, 0.1) is 11.6 Å². The molecule has 0 radical (unpaired) electrons. The van der Waals surface area contributed by atoms with E-state index in [0.29, 0.717) is 11.7 Å². The monoisotopic (exact) mass is 750 g/mol. The van der Waals surface area contributed by atoms with Gasteiger partial charge < -0.3 is 10.1 Å². The number of nitrogens with one attached hydrogen (secondary N) is 2. The van der Waals surface area contributed by atoms with Crippen molar-refractivity contribution in [3.63, 3.8) is 0 Å². The Balaban J connectivity index is 1.43. The number of carbonyl (C=O) groups is 1. The molecule has 1 fully saturated rings. The fourth-order valence-corrected chi connectivity index (χ4v) is 7.24. The second-order valence-corrected chi connectivity index (χ2v) is 15.0. The molecule has 7 rings (SSSR count). The molecule has 1 unspecified atom stereocenters. The van der Waals surface area contributed by atoms with Crippen LogP contribution in [0.5, 0.6) is 5.75 Å². The van der Waals surface area contributed by atoms with Gasteiger partial charge in [0.1, 0.15) is 29.8 Å². The third-order valence-electron chi connectivity index (χ3n) is 9.04. The number of fused-ring (bicyclic) bond motifs is 2. The second-order valence-electron chi connectivity index (χ2n) is 12.8. The first kappa shape index (κ1) is 35.1. The molecule has 13 nitrogen and oxygen atoms in total. The van der Waals surface area contributed by atoms with Gasteiger partial charge in [-0.2, -0.15) is 10.2 Å². The molecule has 270 valence electrons. The zero-order valence-electron chi connectivity index (χ0n) is 28.2. The normalized spacial score (nSPS) is 14.0. The van der Waals surface area contributed by atoms with Crippen LogP contribution in [0.15, 0.2) is 65.6 Å². The molecule has 3 aromatic carbocycles. The van der Waals surface area contributed by atoms with E-state index in [-0.39, 0.29) is 62.7 Å². The second kappa shape index (κ2) is 13.7. The van der Waals surface area contributed by atoms with E-state index < -0.39 is 39.2 Å². The molecule has 1 aliphatic carbocycles. The standard InChI is InChI=1S/C35H33ClF2N8O5S/c1-44-32-29(10-9-25(36)31(32)33(42-44)43-52(3,49)50)46-34(40-27-17-23(51-2)7-8-24(27)35(46)48)28(15-19-13-21(37)16-22(38)14-19)39-30(47)18-45-12-11-26(41-45)20-5-4-6-20/h7-14,16-17,20,28H,4-6,15,18H2,1-3H3,(H,39,47)(H,42,43). The first-order valence-corrected chi connectivity index (χ1v) is 18.6. The van der Waals surface area contributed by atoms with Gasteiger partial charge in [0.15, 0.2) is 5.82 Å². The number of aryl methyl sites for hydroxylation is 1. The lowest BCUT2D eigenvalue weighted by atomic mass is 9.83. The van der Waals surface area contributed by atoms with E-state index in [1.165, 1.54) is 27.1 Å². The predicted molar refractivity (Wildman–Crippen MR) is 191 cm³/mol. The number of aromatic nitrogens is 6. The Morgan fingerprint density at radius 3 is 2.50 bits per heavy atom. The SMILES string of the molecule is COc1ccc2c(=O)n(-c3ccc(Cl)c4c(NS(C)(=O)=O)nn(C)c34)c(C(Cc3cc(F)cc(F)c3)NC(=O)Cn3ccc(C4CCC4)n3)nc2c1. The lowest BCUT2D eigenvalue weighted by molar-refractivity contribution is -0.122. The zero-order chi connectivity index (χ0) is 36.9. The molecule has 1 atom stereocenters. The molecule has 0 bridgehead atoms. The van der Waals surface area contributed by atoms with Crippen LogP contribution in [-0.4, -0.2) is 56.8 Å². The number of sulfonamides is 1. The molecule has 3 aromatic heterocycles. The summed E-state index contributed by atoms with van der Waals surface area (Å²) in [6.45, 7) is -0.181. The minimum Gasteiger partial charge on any atom is -0.497 e. The van der Waals surface area contributed by atoms with Gasteiger partial charge in [-0.05, 0) is 60.9 Å². The summed E-state index contributed by atoms with van der Waals surface area (Å²) in [4.78, 5) is 33.3. The highest BCUT2D eigenvalue weighted by molar-refractivity contribution is 7.92. The summed E-state index contributed by atoms with van der Waals surface area (Å²) < 4.78 is 65.4. The van der Waals surface area contributed by atoms with Gasteiger partial charge in [0.25, 0.3) is 5.56 Å². The van der Waals surface area contributed by atoms with Crippen molar-refractivity contribution in [3.8, 4) is 11.4 Å². The average Bonchev–Trinajstić information content (AvgIpc) is 3.62. The number of hydrogen-bond donors (Lipinski definition) is 2. The Morgan fingerprint density at radius 1 is 1.08 bits per heavy atom. The molecule has 0 aliphatic heterocycles. The van der Waals surface area contributed by atoms with Crippen LogP contribution in [-0.2, 0) is 34.8 Å². The van der Waals surface area contributed by atoms with Gasteiger partial charge in [0.05, 0.1) is 57.6 Å². The summed E-state index contributed by atoms with van der Waals surface area (Å²) in [5, 5.41) is 12.4. The number of rotatable bonds is 11. The third-order valence-corrected chi connectivity index (χ3v) is 9.92. The molecule has 6 aromatic rings. The summed E-state index contributed by atoms with van der Waals surface area (Å²) in [5.74, 6) is -1.46. The van der Waals surface area contributed by atoms with Gasteiger partial charge in [-0.3, -0.25) is 28.2 Å². The lowest BCUT2D eigenvalue weighted by Gasteiger charge is -2.24. The van der Waals surface area contributed by atoms with Crippen LogP contribution in [0.25, 0.3) is 27.5 Å². The number of anilines is 1. The van der Waals surface area contributed by atoms with Crippen molar-refractivity contribution in [2.24, 2.45) is 7.05 Å². The van der Waals surface area contributed by atoms with E-state index >= 15 is 0 Å². The first-order chi connectivity index (χ1) is 24.8. The van der Waals surface area contributed by atoms with Crippen molar-refractivity contribution in [2.75, 3.05) is 18.1 Å². The molecule has 3 heterocycles. The molecular formula is C35H33ClF2N8O5S. The zero-order valence-corrected chi connectivity index (χ0v) is 29.8. The van der Waals surface area contributed by atoms with Gasteiger partial charge in [0.2, 0.25) is 15.9 Å². The molecule has 2 N–H and O–H groups in total. The quantitative estimate of drug-likeness (QED) is 0.184. The van der Waals surface area contributed by atoms with E-state index in [1.54, 1.807) is 37.5 Å². The highest BCUT2D eigenvalue weighted by Crippen LogP contribution is 2.36. The van der Waals surface area contributed by atoms with Crippen LogP contribution in [0.4, 0.5) is 14.6 Å². The molecule has 0 spiro atoms. The maximum atomic E-state index is 14.6. The average molecular weight is 751 g/mol. The lowest BCUT2D eigenvalue weighted by Crippen LogP contribution is -2.37. The summed E-state index contributed by atoms with van der Waals surface area (Å²) in [7, 11) is -0.775. The number of halogens is 3. The van der Waals surface area contributed by atoms with Crippen molar-refractivity contribution >= 4 is 55.2 Å². The fraction of sp³-hybridized carbons (Fsp3) is 0.286. The van der Waals surface area contributed by atoms with Crippen LogP contribution in [0.3, 0.4) is 0 Å². The molecule has 1 aliphatic rings. The largest absolute Gasteiger partial charge is 0.497 e. The molecule has 0 saturated heterocycles. The Morgan fingerprint density at radius 2 is 1.83 bits per heavy atom. The van der Waals surface area contributed by atoms with E-state index in [0.717, 1.165) is 49.4 Å². The number of amides is 1. The topological polar surface area (TPSA) is 155 Å².